The van der Waals surface area contributed by atoms with Crippen LogP contribution in [-0.2, 0) is 30.3 Å². The Morgan fingerprint density at radius 1 is 1.10 bits per heavy atom. The minimum absolute atomic E-state index is 0.157. The molecule has 0 aliphatic carbocycles. The number of benzene rings is 1. The summed E-state index contributed by atoms with van der Waals surface area (Å²) in [4.78, 5) is 12.7. The van der Waals surface area contributed by atoms with Crippen LogP contribution in [0.4, 0.5) is 0 Å². The third kappa shape index (κ3) is 7.89. The molecule has 1 aliphatic heterocycles. The number of unbranched alkanes of at least 4 members (excludes halogenated alkanes) is 3. The molecule has 6 heteroatoms. The summed E-state index contributed by atoms with van der Waals surface area (Å²) in [6.45, 7) is 8.92. The van der Waals surface area contributed by atoms with Crippen molar-refractivity contribution in [3.63, 3.8) is 0 Å². The molecule has 1 aromatic carbocycles. The molecule has 6 nitrogen and oxygen atoms in total. The zero-order valence-electron chi connectivity index (χ0n) is 19.2. The lowest BCUT2D eigenvalue weighted by Crippen LogP contribution is -2.56. The van der Waals surface area contributed by atoms with Gasteiger partial charge in [-0.25, -0.2) is 0 Å². The van der Waals surface area contributed by atoms with Gasteiger partial charge in [-0.05, 0) is 38.0 Å². The molecule has 0 radical (unpaired) electrons. The molecule has 1 atom stereocenters. The summed E-state index contributed by atoms with van der Waals surface area (Å²) in [5.74, 6) is -0.271. The van der Waals surface area contributed by atoms with Gasteiger partial charge in [-0.2, -0.15) is 0 Å². The summed E-state index contributed by atoms with van der Waals surface area (Å²) in [5.41, 5.74) is 0.0797. The van der Waals surface area contributed by atoms with Crippen LogP contribution in [0.2, 0.25) is 0 Å². The predicted molar refractivity (Wildman–Crippen MR) is 115 cm³/mol. The quantitative estimate of drug-likeness (QED) is 0.353. The first kappa shape index (κ1) is 24.6. The maximum absolute atomic E-state index is 12.7. The van der Waals surface area contributed by atoms with Crippen LogP contribution in [0.1, 0.15) is 65.4 Å². The van der Waals surface area contributed by atoms with E-state index in [0.717, 1.165) is 30.6 Å². The predicted octanol–water partition coefficient (Wildman–Crippen LogP) is 4.88. The molecule has 1 aliphatic rings. The summed E-state index contributed by atoms with van der Waals surface area (Å²) >= 11 is 0. The lowest BCUT2D eigenvalue weighted by molar-refractivity contribution is -0.312. The van der Waals surface area contributed by atoms with Crippen molar-refractivity contribution in [2.75, 3.05) is 26.9 Å². The molecule has 0 bridgehead atoms. The van der Waals surface area contributed by atoms with E-state index in [-0.39, 0.29) is 31.7 Å². The lowest BCUT2D eigenvalue weighted by atomic mass is 10.0. The van der Waals surface area contributed by atoms with Gasteiger partial charge >= 0.3 is 5.97 Å². The Labute approximate surface area is 181 Å². The van der Waals surface area contributed by atoms with Gasteiger partial charge in [-0.15, -0.1) is 0 Å². The number of hydrogen-bond donors (Lipinski definition) is 0. The number of hydrogen-bond acceptors (Lipinski definition) is 6. The smallest absolute Gasteiger partial charge is 0.309 e. The molecule has 1 aromatic rings. The molecule has 1 unspecified atom stereocenters. The number of esters is 1. The first-order chi connectivity index (χ1) is 14.3. The first-order valence-corrected chi connectivity index (χ1v) is 11.0. The maximum Gasteiger partial charge on any atom is 0.309 e. The summed E-state index contributed by atoms with van der Waals surface area (Å²) in [6, 6.07) is 7.69. The summed E-state index contributed by atoms with van der Waals surface area (Å²) in [6.07, 6.45) is 5.38. The minimum atomic E-state index is -0.934. The molecule has 1 saturated heterocycles. The number of carbonyl (C=O) groups excluding carboxylic acids is 1. The standard InChI is InChI=1S/C24H38O6/c1-6-7-8-9-10-19(2)22(25)30-24(17-28-23(3,4)29-18-24)16-27-15-20-11-13-21(26-5)14-12-20/h11-14,19H,6-10,15-18H2,1-5H3. The van der Waals surface area contributed by atoms with E-state index in [1.807, 2.05) is 45.0 Å². The average Bonchev–Trinajstić information content (AvgIpc) is 2.74. The van der Waals surface area contributed by atoms with Crippen molar-refractivity contribution in [3.05, 3.63) is 29.8 Å². The Bertz CT molecular complexity index is 630. The highest BCUT2D eigenvalue weighted by atomic mass is 16.7. The maximum atomic E-state index is 12.7. The molecule has 0 amide bonds. The normalized spacial score (nSPS) is 18.6. The lowest BCUT2D eigenvalue weighted by Gasteiger charge is -2.42. The highest BCUT2D eigenvalue weighted by Crippen LogP contribution is 2.28. The van der Waals surface area contributed by atoms with E-state index in [4.69, 9.17) is 23.7 Å². The van der Waals surface area contributed by atoms with Crippen molar-refractivity contribution >= 4 is 5.97 Å². The first-order valence-electron chi connectivity index (χ1n) is 11.0. The molecular weight excluding hydrogens is 384 g/mol. The zero-order chi connectivity index (χ0) is 22.0. The van der Waals surface area contributed by atoms with Crippen LogP contribution < -0.4 is 4.74 Å². The Balaban J connectivity index is 1.92. The second-order valence-electron chi connectivity index (χ2n) is 8.67. The molecule has 0 aromatic heterocycles. The van der Waals surface area contributed by atoms with Crippen LogP contribution in [-0.4, -0.2) is 44.3 Å². The Hall–Kier alpha value is -1.63. The topological polar surface area (TPSA) is 63.2 Å². The fourth-order valence-corrected chi connectivity index (χ4v) is 3.25. The fraction of sp³-hybridized carbons (Fsp3) is 0.708. The number of methoxy groups -OCH3 is 1. The van der Waals surface area contributed by atoms with Crippen molar-refractivity contribution in [1.29, 1.82) is 0 Å². The van der Waals surface area contributed by atoms with E-state index >= 15 is 0 Å². The molecule has 2 rings (SSSR count). The van der Waals surface area contributed by atoms with Crippen LogP contribution in [0.15, 0.2) is 24.3 Å². The van der Waals surface area contributed by atoms with Crippen LogP contribution in [0, 0.1) is 5.92 Å². The van der Waals surface area contributed by atoms with Crippen molar-refractivity contribution in [2.45, 2.75) is 77.8 Å². The van der Waals surface area contributed by atoms with Gasteiger partial charge in [0.05, 0.1) is 39.5 Å². The van der Waals surface area contributed by atoms with E-state index in [0.29, 0.717) is 6.61 Å². The van der Waals surface area contributed by atoms with Crippen LogP contribution >= 0.6 is 0 Å². The van der Waals surface area contributed by atoms with Crippen LogP contribution in [0.25, 0.3) is 0 Å². The van der Waals surface area contributed by atoms with Crippen molar-refractivity contribution in [3.8, 4) is 5.75 Å². The fourth-order valence-electron chi connectivity index (χ4n) is 3.25. The van der Waals surface area contributed by atoms with Crippen molar-refractivity contribution in [2.24, 2.45) is 5.92 Å². The Kier molecular flexibility index (Phi) is 9.59. The van der Waals surface area contributed by atoms with Crippen LogP contribution in [0.5, 0.6) is 5.75 Å². The van der Waals surface area contributed by atoms with Crippen molar-refractivity contribution < 1.29 is 28.5 Å². The molecule has 30 heavy (non-hydrogen) atoms. The van der Waals surface area contributed by atoms with Crippen LogP contribution in [0.3, 0.4) is 0 Å². The average molecular weight is 423 g/mol. The number of carbonyl (C=O) groups is 1. The van der Waals surface area contributed by atoms with Gasteiger partial charge in [-0.1, -0.05) is 51.7 Å². The molecule has 0 N–H and O–H groups in total. The van der Waals surface area contributed by atoms with Gasteiger partial charge in [0, 0.05) is 0 Å². The summed E-state index contributed by atoms with van der Waals surface area (Å²) in [7, 11) is 1.64. The van der Waals surface area contributed by atoms with Gasteiger partial charge < -0.3 is 23.7 Å². The van der Waals surface area contributed by atoms with Crippen molar-refractivity contribution in [1.82, 2.24) is 0 Å². The molecule has 1 heterocycles. The molecule has 0 spiro atoms. The SMILES string of the molecule is CCCCCCC(C)C(=O)OC1(COCc2ccc(OC)cc2)COC(C)(C)OC1. The van der Waals surface area contributed by atoms with Gasteiger partial charge in [0.15, 0.2) is 11.4 Å². The molecule has 0 saturated carbocycles. The minimum Gasteiger partial charge on any atom is -0.497 e. The second kappa shape index (κ2) is 11.7. The Morgan fingerprint density at radius 2 is 1.77 bits per heavy atom. The van der Waals surface area contributed by atoms with E-state index < -0.39 is 11.4 Å². The largest absolute Gasteiger partial charge is 0.497 e. The Morgan fingerprint density at radius 3 is 2.37 bits per heavy atom. The second-order valence-corrected chi connectivity index (χ2v) is 8.67. The highest BCUT2D eigenvalue weighted by molar-refractivity contribution is 5.72. The zero-order valence-corrected chi connectivity index (χ0v) is 19.2. The molecule has 1 fully saturated rings. The summed E-state index contributed by atoms with van der Waals surface area (Å²) < 4.78 is 28.7. The highest BCUT2D eigenvalue weighted by Gasteiger charge is 2.44. The van der Waals surface area contributed by atoms with Gasteiger partial charge in [0.2, 0.25) is 0 Å². The van der Waals surface area contributed by atoms with Gasteiger partial charge in [0.1, 0.15) is 5.75 Å². The third-order valence-corrected chi connectivity index (χ3v) is 5.37. The van der Waals surface area contributed by atoms with E-state index in [1.165, 1.54) is 12.8 Å². The van der Waals surface area contributed by atoms with Gasteiger partial charge in [0.25, 0.3) is 0 Å². The number of ether oxygens (including phenoxy) is 5. The summed E-state index contributed by atoms with van der Waals surface area (Å²) in [5, 5.41) is 0. The molecular formula is C24H38O6. The monoisotopic (exact) mass is 422 g/mol. The van der Waals surface area contributed by atoms with E-state index in [1.54, 1.807) is 7.11 Å². The van der Waals surface area contributed by atoms with Gasteiger partial charge in [-0.3, -0.25) is 4.79 Å². The third-order valence-electron chi connectivity index (χ3n) is 5.37. The number of rotatable bonds is 12. The van der Waals surface area contributed by atoms with E-state index in [9.17, 15) is 4.79 Å². The molecule has 170 valence electrons. The van der Waals surface area contributed by atoms with E-state index in [2.05, 4.69) is 6.92 Å².